The highest BCUT2D eigenvalue weighted by Crippen LogP contribution is 2.17. The first kappa shape index (κ1) is 18.4. The topological polar surface area (TPSA) is 67.9 Å². The molecule has 0 atom stereocenters. The lowest BCUT2D eigenvalue weighted by Gasteiger charge is -2.32. The fourth-order valence-corrected chi connectivity index (χ4v) is 2.70. The standard InChI is InChI=1S/C18H26N2O4/c1-23-11-12-24-14-15-7-9-20(10-8-15)17(21)13-19-18(22)16-5-3-2-4-6-16/h2-6,15H,7-14H2,1H3,(H,19,22). The number of piperidine rings is 1. The zero-order valence-corrected chi connectivity index (χ0v) is 14.2. The zero-order valence-electron chi connectivity index (χ0n) is 14.2. The van der Waals surface area contributed by atoms with Crippen LogP contribution in [0, 0.1) is 5.92 Å². The predicted molar refractivity (Wildman–Crippen MR) is 90.8 cm³/mol. The van der Waals surface area contributed by atoms with Crippen LogP contribution in [0.5, 0.6) is 0 Å². The van der Waals surface area contributed by atoms with Gasteiger partial charge in [-0.25, -0.2) is 0 Å². The summed E-state index contributed by atoms with van der Waals surface area (Å²) in [7, 11) is 1.66. The van der Waals surface area contributed by atoms with Crippen molar-refractivity contribution in [2.24, 2.45) is 5.92 Å². The number of nitrogens with one attached hydrogen (secondary N) is 1. The van der Waals surface area contributed by atoms with Crippen molar-refractivity contribution in [3.63, 3.8) is 0 Å². The fourth-order valence-electron chi connectivity index (χ4n) is 2.70. The van der Waals surface area contributed by atoms with E-state index in [1.165, 1.54) is 0 Å². The Balaban J connectivity index is 1.65. The third-order valence-electron chi connectivity index (χ3n) is 4.19. The Morgan fingerprint density at radius 2 is 1.88 bits per heavy atom. The minimum atomic E-state index is -0.217. The van der Waals surface area contributed by atoms with Crippen molar-refractivity contribution < 1.29 is 19.1 Å². The molecule has 0 unspecified atom stereocenters. The number of rotatable bonds is 8. The molecule has 1 aromatic rings. The van der Waals surface area contributed by atoms with Gasteiger partial charge in [-0.15, -0.1) is 0 Å². The van der Waals surface area contributed by atoms with Crippen LogP contribution >= 0.6 is 0 Å². The third kappa shape index (κ3) is 5.94. The number of hydrogen-bond donors (Lipinski definition) is 1. The summed E-state index contributed by atoms with van der Waals surface area (Å²) in [5.74, 6) is 0.244. The monoisotopic (exact) mass is 334 g/mol. The molecule has 1 aliphatic heterocycles. The lowest BCUT2D eigenvalue weighted by atomic mass is 9.98. The number of hydrogen-bond acceptors (Lipinski definition) is 4. The van der Waals surface area contributed by atoms with Crippen LogP contribution in [0.1, 0.15) is 23.2 Å². The van der Waals surface area contributed by atoms with Gasteiger partial charge in [0.05, 0.1) is 19.8 Å². The molecule has 0 aliphatic carbocycles. The molecular formula is C18H26N2O4. The summed E-state index contributed by atoms with van der Waals surface area (Å²) in [6.45, 7) is 3.43. The SMILES string of the molecule is COCCOCC1CCN(C(=O)CNC(=O)c2ccccc2)CC1. The molecular weight excluding hydrogens is 308 g/mol. The van der Waals surface area contributed by atoms with E-state index in [1.54, 1.807) is 31.4 Å². The molecule has 0 bridgehead atoms. The van der Waals surface area contributed by atoms with E-state index in [0.717, 1.165) is 32.5 Å². The zero-order chi connectivity index (χ0) is 17.2. The second-order valence-corrected chi connectivity index (χ2v) is 5.94. The van der Waals surface area contributed by atoms with Crippen LogP contribution in [0.3, 0.4) is 0 Å². The Hall–Kier alpha value is -1.92. The Bertz CT molecular complexity index is 513. The third-order valence-corrected chi connectivity index (χ3v) is 4.19. The van der Waals surface area contributed by atoms with Crippen molar-refractivity contribution in [3.8, 4) is 0 Å². The Morgan fingerprint density at radius 3 is 2.54 bits per heavy atom. The molecule has 0 spiro atoms. The molecule has 6 heteroatoms. The van der Waals surface area contributed by atoms with E-state index >= 15 is 0 Å². The first-order valence-corrected chi connectivity index (χ1v) is 8.38. The van der Waals surface area contributed by atoms with Gasteiger partial charge in [-0.2, -0.15) is 0 Å². The van der Waals surface area contributed by atoms with Crippen molar-refractivity contribution in [2.75, 3.05) is 46.6 Å². The Morgan fingerprint density at radius 1 is 1.17 bits per heavy atom. The van der Waals surface area contributed by atoms with E-state index in [4.69, 9.17) is 9.47 Å². The van der Waals surface area contributed by atoms with Crippen LogP contribution < -0.4 is 5.32 Å². The molecule has 0 saturated carbocycles. The highest BCUT2D eigenvalue weighted by molar-refractivity contribution is 5.96. The van der Waals surface area contributed by atoms with E-state index < -0.39 is 0 Å². The van der Waals surface area contributed by atoms with Crippen molar-refractivity contribution in [1.29, 1.82) is 0 Å². The van der Waals surface area contributed by atoms with Gasteiger partial charge in [0.1, 0.15) is 0 Å². The molecule has 1 fully saturated rings. The van der Waals surface area contributed by atoms with E-state index in [9.17, 15) is 9.59 Å². The number of benzene rings is 1. The summed E-state index contributed by atoms with van der Waals surface area (Å²) < 4.78 is 10.5. The second kappa shape index (κ2) is 10.1. The minimum Gasteiger partial charge on any atom is -0.382 e. The number of carbonyl (C=O) groups excluding carboxylic acids is 2. The summed E-state index contributed by atoms with van der Waals surface area (Å²) in [4.78, 5) is 26.0. The summed E-state index contributed by atoms with van der Waals surface area (Å²) >= 11 is 0. The van der Waals surface area contributed by atoms with Crippen LogP contribution in [0.25, 0.3) is 0 Å². The molecule has 1 aliphatic rings. The maximum absolute atomic E-state index is 12.2. The van der Waals surface area contributed by atoms with Crippen LogP contribution in [0.15, 0.2) is 30.3 Å². The first-order chi connectivity index (χ1) is 11.7. The average molecular weight is 334 g/mol. The normalized spacial score (nSPS) is 15.3. The number of nitrogens with zero attached hydrogens (tertiary/aromatic N) is 1. The molecule has 0 radical (unpaired) electrons. The molecule has 1 heterocycles. The molecule has 24 heavy (non-hydrogen) atoms. The summed E-state index contributed by atoms with van der Waals surface area (Å²) in [6.07, 6.45) is 1.87. The number of methoxy groups -OCH3 is 1. The smallest absolute Gasteiger partial charge is 0.251 e. The van der Waals surface area contributed by atoms with E-state index in [1.807, 2.05) is 11.0 Å². The number of ether oxygens (including phenoxy) is 2. The van der Waals surface area contributed by atoms with Gasteiger partial charge < -0.3 is 19.7 Å². The highest BCUT2D eigenvalue weighted by atomic mass is 16.5. The molecule has 2 amide bonds. The molecule has 1 aromatic carbocycles. The van der Waals surface area contributed by atoms with Gasteiger partial charge in [0, 0.05) is 32.4 Å². The number of carbonyl (C=O) groups is 2. The maximum atomic E-state index is 12.2. The lowest BCUT2D eigenvalue weighted by Crippen LogP contribution is -2.44. The quantitative estimate of drug-likeness (QED) is 0.728. The van der Waals surface area contributed by atoms with E-state index in [2.05, 4.69) is 5.32 Å². The average Bonchev–Trinajstić information content (AvgIpc) is 2.64. The van der Waals surface area contributed by atoms with Gasteiger partial charge in [0.25, 0.3) is 5.91 Å². The van der Waals surface area contributed by atoms with Gasteiger partial charge in [0.2, 0.25) is 5.91 Å². The summed E-state index contributed by atoms with van der Waals surface area (Å²) in [5.41, 5.74) is 0.567. The largest absolute Gasteiger partial charge is 0.382 e. The van der Waals surface area contributed by atoms with Gasteiger partial charge in [0.15, 0.2) is 0 Å². The van der Waals surface area contributed by atoms with E-state index in [0.29, 0.717) is 24.7 Å². The van der Waals surface area contributed by atoms with Crippen LogP contribution in [0.4, 0.5) is 0 Å². The van der Waals surface area contributed by atoms with Gasteiger partial charge in [-0.3, -0.25) is 9.59 Å². The molecule has 2 rings (SSSR count). The van der Waals surface area contributed by atoms with Crippen LogP contribution in [0.2, 0.25) is 0 Å². The van der Waals surface area contributed by atoms with E-state index in [-0.39, 0.29) is 18.4 Å². The lowest BCUT2D eigenvalue weighted by molar-refractivity contribution is -0.131. The highest BCUT2D eigenvalue weighted by Gasteiger charge is 2.23. The van der Waals surface area contributed by atoms with Gasteiger partial charge in [-0.05, 0) is 30.9 Å². The van der Waals surface area contributed by atoms with Gasteiger partial charge >= 0.3 is 0 Å². The van der Waals surface area contributed by atoms with Crippen LogP contribution in [-0.2, 0) is 14.3 Å². The Labute approximate surface area is 143 Å². The van der Waals surface area contributed by atoms with Crippen LogP contribution in [-0.4, -0.2) is 63.3 Å². The summed E-state index contributed by atoms with van der Waals surface area (Å²) in [6, 6.07) is 8.92. The second-order valence-electron chi connectivity index (χ2n) is 5.94. The number of likely N-dealkylation sites (tertiary alicyclic amines) is 1. The molecule has 1 N–H and O–H groups in total. The maximum Gasteiger partial charge on any atom is 0.251 e. The molecule has 132 valence electrons. The fraction of sp³-hybridized carbons (Fsp3) is 0.556. The van der Waals surface area contributed by atoms with Crippen molar-refractivity contribution >= 4 is 11.8 Å². The molecule has 6 nitrogen and oxygen atoms in total. The minimum absolute atomic E-state index is 0.0296. The number of amides is 2. The van der Waals surface area contributed by atoms with Crippen molar-refractivity contribution in [3.05, 3.63) is 35.9 Å². The predicted octanol–water partition coefficient (Wildman–Crippen LogP) is 1.32. The van der Waals surface area contributed by atoms with Crippen molar-refractivity contribution in [2.45, 2.75) is 12.8 Å². The first-order valence-electron chi connectivity index (χ1n) is 8.38. The van der Waals surface area contributed by atoms with Crippen molar-refractivity contribution in [1.82, 2.24) is 10.2 Å². The Kier molecular flexibility index (Phi) is 7.71. The van der Waals surface area contributed by atoms with Gasteiger partial charge in [-0.1, -0.05) is 18.2 Å². The molecule has 0 aromatic heterocycles. The molecule has 1 saturated heterocycles. The summed E-state index contributed by atoms with van der Waals surface area (Å²) in [5, 5.41) is 2.69.